The molecule has 26 heavy (non-hydrogen) atoms. The fraction of sp³-hybridized carbons (Fsp3) is 0.409. The van der Waals surface area contributed by atoms with E-state index in [1.165, 1.54) is 0 Å². The molecule has 1 N–H and O–H groups in total. The maximum absolute atomic E-state index is 12.8. The van der Waals surface area contributed by atoms with Crippen LogP contribution in [0.25, 0.3) is 6.08 Å². The number of hydrogen-bond donors (Lipinski definition) is 1. The number of carbonyl (C=O) groups is 1. The summed E-state index contributed by atoms with van der Waals surface area (Å²) in [5, 5.41) is 11.5. The van der Waals surface area contributed by atoms with E-state index < -0.39 is 5.60 Å². The molecule has 3 unspecified atom stereocenters. The number of rotatable bonds is 3. The fourth-order valence-corrected chi connectivity index (χ4v) is 4.68. The van der Waals surface area contributed by atoms with E-state index in [0.29, 0.717) is 18.7 Å². The molecule has 4 rings (SSSR count). The number of piperidine rings is 1. The molecule has 4 nitrogen and oxygen atoms in total. The summed E-state index contributed by atoms with van der Waals surface area (Å²) in [6.45, 7) is 0.577. The summed E-state index contributed by atoms with van der Waals surface area (Å²) in [5.74, 6) is 0.776. The summed E-state index contributed by atoms with van der Waals surface area (Å²) in [6.07, 6.45) is 9.64. The van der Waals surface area contributed by atoms with E-state index in [1.807, 2.05) is 47.4 Å². The molecule has 1 saturated carbocycles. The van der Waals surface area contributed by atoms with Crippen LogP contribution in [0.15, 0.2) is 59.2 Å². The van der Waals surface area contributed by atoms with Crippen LogP contribution in [0.4, 0.5) is 0 Å². The second-order valence-electron chi connectivity index (χ2n) is 7.38. The Kier molecular flexibility index (Phi) is 4.68. The number of likely N-dealkylation sites (tertiary alicyclic amines) is 1. The third-order valence-electron chi connectivity index (χ3n) is 5.97. The molecular weight excluding hydrogens is 326 g/mol. The highest BCUT2D eigenvalue weighted by atomic mass is 16.3. The van der Waals surface area contributed by atoms with Crippen molar-refractivity contribution in [2.75, 3.05) is 6.54 Å². The van der Waals surface area contributed by atoms with E-state index >= 15 is 0 Å². The van der Waals surface area contributed by atoms with Gasteiger partial charge in [-0.1, -0.05) is 43.2 Å². The summed E-state index contributed by atoms with van der Waals surface area (Å²) in [7, 11) is 0. The van der Waals surface area contributed by atoms with E-state index in [9.17, 15) is 9.90 Å². The fourth-order valence-electron chi connectivity index (χ4n) is 4.68. The summed E-state index contributed by atoms with van der Waals surface area (Å²) < 4.78 is 5.27. The molecule has 1 amide bonds. The molecule has 2 fully saturated rings. The highest BCUT2D eigenvalue weighted by Crippen LogP contribution is 2.46. The minimum absolute atomic E-state index is 0.00779. The molecular formula is C22H25NO3. The van der Waals surface area contributed by atoms with Crippen LogP contribution in [0.5, 0.6) is 0 Å². The van der Waals surface area contributed by atoms with Crippen molar-refractivity contribution in [2.45, 2.75) is 43.7 Å². The number of carbonyl (C=O) groups excluding carboxylic acids is 1. The number of hydrogen-bond acceptors (Lipinski definition) is 3. The predicted octanol–water partition coefficient (Wildman–Crippen LogP) is 3.97. The molecule has 4 heteroatoms. The molecule has 2 heterocycles. The largest absolute Gasteiger partial charge is 0.465 e. The standard InChI is InChI=1S/C22H25NO3/c24-21(13-12-18-9-6-16-26-18)23-15-14-22(25,17-7-2-1-3-8-17)19-10-4-5-11-20(19)23/h1-3,6-9,12-13,16,19-20,25H,4-5,10-11,14-15H2. The van der Waals surface area contributed by atoms with Gasteiger partial charge in [-0.15, -0.1) is 0 Å². The van der Waals surface area contributed by atoms with Gasteiger partial charge in [-0.25, -0.2) is 0 Å². The Bertz CT molecular complexity index is 768. The first-order valence-corrected chi connectivity index (χ1v) is 9.48. The maximum Gasteiger partial charge on any atom is 0.246 e. The number of nitrogens with zero attached hydrogens (tertiary/aromatic N) is 1. The summed E-state index contributed by atoms with van der Waals surface area (Å²) in [5.41, 5.74) is 0.142. The van der Waals surface area contributed by atoms with E-state index in [2.05, 4.69) is 0 Å². The van der Waals surface area contributed by atoms with Gasteiger partial charge in [-0.2, -0.15) is 0 Å². The number of fused-ring (bicyclic) bond motifs is 1. The molecule has 2 aromatic rings. The zero-order valence-corrected chi connectivity index (χ0v) is 14.9. The van der Waals surface area contributed by atoms with Gasteiger partial charge in [0, 0.05) is 24.6 Å². The molecule has 1 aromatic heterocycles. The monoisotopic (exact) mass is 351 g/mol. The molecule has 1 aromatic carbocycles. The van der Waals surface area contributed by atoms with Gasteiger partial charge in [0.05, 0.1) is 11.9 Å². The van der Waals surface area contributed by atoms with Crippen molar-refractivity contribution >= 4 is 12.0 Å². The van der Waals surface area contributed by atoms with Crippen molar-refractivity contribution in [1.82, 2.24) is 4.90 Å². The van der Waals surface area contributed by atoms with Crippen LogP contribution in [0.3, 0.4) is 0 Å². The number of furan rings is 1. The van der Waals surface area contributed by atoms with Crippen LogP contribution in [-0.2, 0) is 10.4 Å². The first-order chi connectivity index (χ1) is 12.7. The minimum atomic E-state index is -0.839. The zero-order valence-electron chi connectivity index (χ0n) is 14.9. The Hall–Kier alpha value is -2.33. The average Bonchev–Trinajstić information content (AvgIpc) is 3.21. The molecule has 0 bridgehead atoms. The van der Waals surface area contributed by atoms with E-state index in [0.717, 1.165) is 31.2 Å². The number of amides is 1. The molecule has 136 valence electrons. The van der Waals surface area contributed by atoms with Gasteiger partial charge >= 0.3 is 0 Å². The lowest BCUT2D eigenvalue weighted by atomic mass is 9.66. The quantitative estimate of drug-likeness (QED) is 0.851. The van der Waals surface area contributed by atoms with Gasteiger partial charge < -0.3 is 14.4 Å². The van der Waals surface area contributed by atoms with Crippen LogP contribution < -0.4 is 0 Å². The predicted molar refractivity (Wildman–Crippen MR) is 100 cm³/mol. The lowest BCUT2D eigenvalue weighted by Crippen LogP contribution is -2.58. The SMILES string of the molecule is O=C(C=Cc1ccco1)N1CCC(O)(c2ccccc2)C2CCCCC21. The highest BCUT2D eigenvalue weighted by molar-refractivity contribution is 5.91. The zero-order chi connectivity index (χ0) is 18.0. The van der Waals surface area contributed by atoms with Crippen LogP contribution in [0, 0.1) is 5.92 Å². The Labute approximate surface area is 154 Å². The first kappa shape index (κ1) is 17.1. The lowest BCUT2D eigenvalue weighted by molar-refractivity contribution is -0.150. The van der Waals surface area contributed by atoms with Crippen molar-refractivity contribution in [2.24, 2.45) is 5.92 Å². The summed E-state index contributed by atoms with van der Waals surface area (Å²) in [6, 6.07) is 13.7. The lowest BCUT2D eigenvalue weighted by Gasteiger charge is -2.52. The van der Waals surface area contributed by atoms with Crippen LogP contribution in [0.2, 0.25) is 0 Å². The first-order valence-electron chi connectivity index (χ1n) is 9.48. The molecule has 2 aliphatic rings. The van der Waals surface area contributed by atoms with Crippen molar-refractivity contribution < 1.29 is 14.3 Å². The van der Waals surface area contributed by atoms with E-state index in [4.69, 9.17) is 4.42 Å². The number of benzene rings is 1. The smallest absolute Gasteiger partial charge is 0.246 e. The van der Waals surface area contributed by atoms with Crippen molar-refractivity contribution in [3.8, 4) is 0 Å². The van der Waals surface area contributed by atoms with Crippen molar-refractivity contribution in [3.05, 3.63) is 66.1 Å². The maximum atomic E-state index is 12.8. The molecule has 1 saturated heterocycles. The second kappa shape index (κ2) is 7.12. The number of aliphatic hydroxyl groups is 1. The van der Waals surface area contributed by atoms with Crippen molar-refractivity contribution in [3.63, 3.8) is 0 Å². The average molecular weight is 351 g/mol. The third-order valence-corrected chi connectivity index (χ3v) is 5.97. The van der Waals surface area contributed by atoms with Gasteiger partial charge in [0.2, 0.25) is 5.91 Å². The Balaban J connectivity index is 1.57. The van der Waals surface area contributed by atoms with E-state index in [-0.39, 0.29) is 17.9 Å². The molecule has 0 radical (unpaired) electrons. The van der Waals surface area contributed by atoms with Gasteiger partial charge in [0.25, 0.3) is 0 Å². The summed E-state index contributed by atoms with van der Waals surface area (Å²) >= 11 is 0. The van der Waals surface area contributed by atoms with E-state index in [1.54, 1.807) is 18.4 Å². The van der Waals surface area contributed by atoms with Crippen LogP contribution in [-0.4, -0.2) is 28.5 Å². The summed E-state index contributed by atoms with van der Waals surface area (Å²) in [4.78, 5) is 14.8. The Morgan fingerprint density at radius 2 is 1.96 bits per heavy atom. The molecule has 1 aliphatic carbocycles. The topological polar surface area (TPSA) is 53.7 Å². The second-order valence-corrected chi connectivity index (χ2v) is 7.38. The molecule has 3 atom stereocenters. The van der Waals surface area contributed by atoms with Crippen LogP contribution in [0.1, 0.15) is 43.4 Å². The van der Waals surface area contributed by atoms with Crippen molar-refractivity contribution in [1.29, 1.82) is 0 Å². The van der Waals surface area contributed by atoms with Gasteiger partial charge in [-0.05, 0) is 43.0 Å². The van der Waals surface area contributed by atoms with Gasteiger partial charge in [0.15, 0.2) is 0 Å². The third kappa shape index (κ3) is 3.10. The molecule has 0 spiro atoms. The van der Waals surface area contributed by atoms with Gasteiger partial charge in [0.1, 0.15) is 5.76 Å². The Morgan fingerprint density at radius 1 is 1.15 bits per heavy atom. The normalized spacial score (nSPS) is 28.9. The molecule has 1 aliphatic heterocycles. The minimum Gasteiger partial charge on any atom is -0.465 e. The van der Waals surface area contributed by atoms with Gasteiger partial charge in [-0.3, -0.25) is 4.79 Å². The van der Waals surface area contributed by atoms with Crippen LogP contribution >= 0.6 is 0 Å². The highest BCUT2D eigenvalue weighted by Gasteiger charge is 2.49. The Morgan fingerprint density at radius 3 is 2.73 bits per heavy atom.